The molecule has 35 heavy (non-hydrogen) atoms. The molecule has 0 bridgehead atoms. The van der Waals surface area contributed by atoms with Gasteiger partial charge in [-0.3, -0.25) is 9.59 Å². The third kappa shape index (κ3) is 5.47. The predicted molar refractivity (Wildman–Crippen MR) is 142 cm³/mol. The van der Waals surface area contributed by atoms with Gasteiger partial charge < -0.3 is 10.2 Å². The van der Waals surface area contributed by atoms with E-state index < -0.39 is 0 Å². The summed E-state index contributed by atoms with van der Waals surface area (Å²) < 4.78 is 0. The Kier molecular flexibility index (Phi) is 7.26. The van der Waals surface area contributed by atoms with Crippen LogP contribution in [0.25, 0.3) is 0 Å². The zero-order chi connectivity index (χ0) is 24.2. The molecule has 0 saturated heterocycles. The van der Waals surface area contributed by atoms with Gasteiger partial charge in [-0.2, -0.15) is 0 Å². The summed E-state index contributed by atoms with van der Waals surface area (Å²) in [6.07, 6.45) is 7.98. The van der Waals surface area contributed by atoms with Crippen LogP contribution < -0.4 is 10.2 Å². The number of nitrogens with zero attached hydrogens (tertiary/aromatic N) is 1. The molecule has 2 amide bonds. The van der Waals surface area contributed by atoms with Crippen LogP contribution in [0.2, 0.25) is 5.02 Å². The third-order valence-corrected chi connectivity index (χ3v) is 7.86. The van der Waals surface area contributed by atoms with Gasteiger partial charge in [0, 0.05) is 26.9 Å². The topological polar surface area (TPSA) is 49.4 Å². The number of hydrogen-bond acceptors (Lipinski definition) is 3. The summed E-state index contributed by atoms with van der Waals surface area (Å²) in [7, 11) is 0. The Morgan fingerprint density at radius 2 is 1.83 bits per heavy atom. The summed E-state index contributed by atoms with van der Waals surface area (Å²) >= 11 is 7.63. The smallest absolute Gasteiger partial charge is 0.259 e. The molecule has 0 aromatic heterocycles. The van der Waals surface area contributed by atoms with Crippen LogP contribution in [-0.4, -0.2) is 18.4 Å². The number of benzene rings is 3. The van der Waals surface area contributed by atoms with E-state index >= 15 is 0 Å². The first kappa shape index (κ1) is 23.7. The first-order chi connectivity index (χ1) is 17.1. The van der Waals surface area contributed by atoms with Crippen LogP contribution in [0.1, 0.15) is 58.4 Å². The van der Waals surface area contributed by atoms with Crippen LogP contribution in [0, 0.1) is 0 Å². The van der Waals surface area contributed by atoms with Crippen molar-refractivity contribution in [1.29, 1.82) is 0 Å². The molecule has 1 heterocycles. The maximum atomic E-state index is 13.7. The minimum Gasteiger partial charge on any atom is -0.352 e. The maximum Gasteiger partial charge on any atom is 0.259 e. The Hall–Kier alpha value is -3.02. The molecule has 1 aliphatic carbocycles. The van der Waals surface area contributed by atoms with Gasteiger partial charge in [0.2, 0.25) is 0 Å². The van der Waals surface area contributed by atoms with E-state index in [0.29, 0.717) is 29.2 Å². The second-order valence-electron chi connectivity index (χ2n) is 8.91. The number of fused-ring (bicyclic) bond motifs is 2. The van der Waals surface area contributed by atoms with Gasteiger partial charge in [0.1, 0.15) is 0 Å². The number of halogens is 1. The number of nitrogens with one attached hydrogen (secondary N) is 1. The van der Waals surface area contributed by atoms with Crippen LogP contribution in [0.4, 0.5) is 5.69 Å². The molecule has 0 radical (unpaired) electrons. The number of amides is 2. The highest BCUT2D eigenvalue weighted by Gasteiger charge is 2.28. The Morgan fingerprint density at radius 1 is 1.00 bits per heavy atom. The van der Waals surface area contributed by atoms with Crippen molar-refractivity contribution in [3.8, 4) is 0 Å². The van der Waals surface area contributed by atoms with Gasteiger partial charge in [-0.05, 0) is 80.1 Å². The van der Waals surface area contributed by atoms with Crippen molar-refractivity contribution in [2.24, 2.45) is 0 Å². The fourth-order valence-corrected chi connectivity index (χ4v) is 5.75. The summed E-state index contributed by atoms with van der Waals surface area (Å²) in [4.78, 5) is 30.3. The van der Waals surface area contributed by atoms with Crippen molar-refractivity contribution < 1.29 is 9.59 Å². The number of anilines is 1. The van der Waals surface area contributed by atoms with Crippen molar-refractivity contribution in [1.82, 2.24) is 5.32 Å². The molecule has 0 fully saturated rings. The Morgan fingerprint density at radius 3 is 2.63 bits per heavy atom. The fourth-order valence-electron chi connectivity index (χ4n) is 4.56. The predicted octanol–water partition coefficient (Wildman–Crippen LogP) is 7.27. The van der Waals surface area contributed by atoms with E-state index in [0.717, 1.165) is 40.3 Å². The molecule has 0 saturated carbocycles. The van der Waals surface area contributed by atoms with Gasteiger partial charge in [0.25, 0.3) is 11.8 Å². The molecule has 1 aliphatic heterocycles. The minimum atomic E-state index is -0.116. The lowest BCUT2D eigenvalue weighted by atomic mass is 9.97. The molecular formula is C29H27ClN2O2S. The second-order valence-corrected chi connectivity index (χ2v) is 10.4. The summed E-state index contributed by atoms with van der Waals surface area (Å²) in [6.45, 7) is 1.01. The molecule has 0 spiro atoms. The second kappa shape index (κ2) is 10.7. The summed E-state index contributed by atoms with van der Waals surface area (Å²) in [5.41, 5.74) is 4.37. The first-order valence-electron chi connectivity index (χ1n) is 12.0. The van der Waals surface area contributed by atoms with Crippen LogP contribution in [0.5, 0.6) is 0 Å². The number of allylic oxidation sites excluding steroid dienone is 1. The zero-order valence-electron chi connectivity index (χ0n) is 19.4. The number of hydrogen-bond donors (Lipinski definition) is 1. The van der Waals surface area contributed by atoms with E-state index in [9.17, 15) is 9.59 Å². The van der Waals surface area contributed by atoms with Gasteiger partial charge >= 0.3 is 0 Å². The number of carbonyl (C=O) groups excluding carboxylic acids is 2. The molecule has 4 nitrogen and oxygen atoms in total. The molecule has 3 aromatic rings. The lowest BCUT2D eigenvalue weighted by Crippen LogP contribution is -2.31. The first-order valence-corrected chi connectivity index (χ1v) is 13.2. The Bertz CT molecular complexity index is 1290. The zero-order valence-corrected chi connectivity index (χ0v) is 21.0. The average Bonchev–Trinajstić information content (AvgIpc) is 3.00. The van der Waals surface area contributed by atoms with Crippen molar-refractivity contribution in [3.05, 3.63) is 100 Å². The molecular weight excluding hydrogens is 476 g/mol. The van der Waals surface area contributed by atoms with E-state index in [2.05, 4.69) is 11.4 Å². The van der Waals surface area contributed by atoms with Gasteiger partial charge in [-0.15, -0.1) is 0 Å². The lowest BCUT2D eigenvalue weighted by Gasteiger charge is -2.24. The van der Waals surface area contributed by atoms with E-state index in [4.69, 9.17) is 11.6 Å². The Balaban J connectivity index is 1.42. The van der Waals surface area contributed by atoms with Crippen LogP contribution in [0.15, 0.2) is 88.2 Å². The molecule has 0 atom stereocenters. The highest BCUT2D eigenvalue weighted by atomic mass is 35.5. The largest absolute Gasteiger partial charge is 0.352 e. The number of carbonyl (C=O) groups is 2. The van der Waals surface area contributed by atoms with E-state index in [1.807, 2.05) is 66.7 Å². The van der Waals surface area contributed by atoms with E-state index in [-0.39, 0.29) is 11.8 Å². The third-order valence-electron chi connectivity index (χ3n) is 6.47. The fraction of sp³-hybridized carbons (Fsp3) is 0.241. The molecule has 3 aromatic carbocycles. The van der Waals surface area contributed by atoms with Gasteiger partial charge in [0.15, 0.2) is 0 Å². The van der Waals surface area contributed by atoms with Crippen molar-refractivity contribution in [3.63, 3.8) is 0 Å². The lowest BCUT2D eigenvalue weighted by molar-refractivity contribution is 0.0950. The SMILES string of the molecule is O=C(NCCC1=CCCCC1)c1ccc2c(c1)N(Cc1ccc(Cl)cc1)C(=O)c1ccccc1S2. The quantitative estimate of drug-likeness (QED) is 0.360. The average molecular weight is 503 g/mol. The van der Waals surface area contributed by atoms with E-state index in [1.165, 1.54) is 18.4 Å². The van der Waals surface area contributed by atoms with Crippen molar-refractivity contribution >= 4 is 40.9 Å². The molecule has 178 valence electrons. The number of rotatable bonds is 6. The molecule has 6 heteroatoms. The van der Waals surface area contributed by atoms with Gasteiger partial charge in [-0.25, -0.2) is 0 Å². The normalized spacial score (nSPS) is 15.1. The summed E-state index contributed by atoms with van der Waals surface area (Å²) in [5.74, 6) is -0.196. The van der Waals surface area contributed by atoms with E-state index in [1.54, 1.807) is 16.7 Å². The van der Waals surface area contributed by atoms with Crippen molar-refractivity contribution in [2.75, 3.05) is 11.4 Å². The van der Waals surface area contributed by atoms with Crippen LogP contribution in [-0.2, 0) is 6.54 Å². The summed E-state index contributed by atoms with van der Waals surface area (Å²) in [5, 5.41) is 3.72. The van der Waals surface area contributed by atoms with Gasteiger partial charge in [-0.1, -0.05) is 59.3 Å². The van der Waals surface area contributed by atoms with Crippen LogP contribution in [0.3, 0.4) is 0 Å². The Labute approximate surface area is 215 Å². The summed E-state index contributed by atoms with van der Waals surface area (Å²) in [6, 6.07) is 20.8. The standard InChI is InChI=1S/C29H27ClN2O2S/c30-23-13-10-21(11-14-23)19-32-25-18-22(28(33)31-17-16-20-6-2-1-3-7-20)12-15-27(25)35-26-9-5-4-8-24(26)29(32)34/h4-6,8-15,18H,1-3,7,16-17,19H2,(H,31,33). The monoisotopic (exact) mass is 502 g/mol. The molecule has 1 N–H and O–H groups in total. The highest BCUT2D eigenvalue weighted by Crippen LogP contribution is 2.42. The molecule has 5 rings (SSSR count). The molecule has 2 aliphatic rings. The van der Waals surface area contributed by atoms with Crippen molar-refractivity contribution in [2.45, 2.75) is 48.4 Å². The maximum absolute atomic E-state index is 13.7. The van der Waals surface area contributed by atoms with Crippen LogP contribution >= 0.6 is 23.4 Å². The highest BCUT2D eigenvalue weighted by molar-refractivity contribution is 7.99. The van der Waals surface area contributed by atoms with Gasteiger partial charge in [0.05, 0.1) is 17.8 Å². The minimum absolute atomic E-state index is 0.0800. The molecule has 0 unspecified atom stereocenters.